The molecule has 0 bridgehead atoms. The van der Waals surface area contributed by atoms with Gasteiger partial charge in [0.25, 0.3) is 0 Å². The Morgan fingerprint density at radius 1 is 0.381 bits per heavy atom. The summed E-state index contributed by atoms with van der Waals surface area (Å²) in [6.45, 7) is 0. The van der Waals surface area contributed by atoms with E-state index in [9.17, 15) is 0 Å². The molecule has 2 aromatic heterocycles. The molecule has 0 N–H and O–H groups in total. The lowest BCUT2D eigenvalue weighted by atomic mass is 9.96. The number of rotatable bonds is 3. The average molecular weight is 552 g/mol. The van der Waals surface area contributed by atoms with Gasteiger partial charge in [-0.25, -0.2) is 0 Å². The highest BCUT2D eigenvalue weighted by atomic mass is 32.1. The van der Waals surface area contributed by atoms with Crippen molar-refractivity contribution < 1.29 is 0 Å². The summed E-state index contributed by atoms with van der Waals surface area (Å²) in [4.78, 5) is 0. The molecule has 0 radical (unpaired) electrons. The van der Waals surface area contributed by atoms with E-state index in [1.807, 2.05) is 11.3 Å². The summed E-state index contributed by atoms with van der Waals surface area (Å²) in [5.41, 5.74) is 8.58. The molecule has 1 nitrogen and oxygen atoms in total. The maximum Gasteiger partial charge on any atom is 0.0541 e. The fraction of sp³-hybridized carbons (Fsp3) is 0. The molecule has 0 aliphatic rings. The van der Waals surface area contributed by atoms with Gasteiger partial charge in [0, 0.05) is 36.6 Å². The molecule has 0 aliphatic heterocycles. The number of hydrogen-bond acceptors (Lipinski definition) is 1. The van der Waals surface area contributed by atoms with E-state index >= 15 is 0 Å². The van der Waals surface area contributed by atoms with Crippen LogP contribution in [0.2, 0.25) is 0 Å². The minimum absolute atomic E-state index is 1.18. The lowest BCUT2D eigenvalue weighted by molar-refractivity contribution is 1.18. The van der Waals surface area contributed by atoms with Crippen LogP contribution in [0.25, 0.3) is 80.7 Å². The van der Waals surface area contributed by atoms with Gasteiger partial charge in [0.05, 0.1) is 11.0 Å². The summed E-state index contributed by atoms with van der Waals surface area (Å²) in [5.74, 6) is 0. The second-order valence-electron chi connectivity index (χ2n) is 11.0. The van der Waals surface area contributed by atoms with E-state index in [1.54, 1.807) is 0 Å². The predicted octanol–water partition coefficient (Wildman–Crippen LogP) is 11.6. The molecular weight excluding hydrogens is 527 g/mol. The van der Waals surface area contributed by atoms with Crippen LogP contribution < -0.4 is 0 Å². The quantitative estimate of drug-likeness (QED) is 0.206. The third-order valence-corrected chi connectivity index (χ3v) is 9.71. The second-order valence-corrected chi connectivity index (χ2v) is 12.1. The van der Waals surface area contributed by atoms with Crippen molar-refractivity contribution >= 4 is 64.1 Å². The van der Waals surface area contributed by atoms with Gasteiger partial charge in [0.15, 0.2) is 0 Å². The van der Waals surface area contributed by atoms with E-state index in [2.05, 4.69) is 156 Å². The summed E-state index contributed by atoms with van der Waals surface area (Å²) in [6.07, 6.45) is 0. The average Bonchev–Trinajstić information content (AvgIpc) is 3.60. The Kier molecular flexibility index (Phi) is 5.13. The van der Waals surface area contributed by atoms with Gasteiger partial charge in [-0.15, -0.1) is 11.3 Å². The molecule has 0 unspecified atom stereocenters. The van der Waals surface area contributed by atoms with E-state index in [0.717, 1.165) is 0 Å². The Bertz CT molecular complexity index is 2460. The highest BCUT2D eigenvalue weighted by molar-refractivity contribution is 7.26. The van der Waals surface area contributed by atoms with Gasteiger partial charge in [-0.3, -0.25) is 0 Å². The Morgan fingerprint density at radius 2 is 1.02 bits per heavy atom. The van der Waals surface area contributed by atoms with Crippen molar-refractivity contribution in [3.05, 3.63) is 152 Å². The van der Waals surface area contributed by atoms with Crippen LogP contribution in [-0.4, -0.2) is 4.57 Å². The van der Waals surface area contributed by atoms with Crippen LogP contribution in [0.1, 0.15) is 0 Å². The Balaban J connectivity index is 1.19. The molecule has 196 valence electrons. The van der Waals surface area contributed by atoms with E-state index in [1.165, 1.54) is 80.7 Å². The predicted molar refractivity (Wildman–Crippen MR) is 182 cm³/mol. The molecule has 2 heterocycles. The molecule has 0 saturated heterocycles. The zero-order valence-electron chi connectivity index (χ0n) is 22.8. The summed E-state index contributed by atoms with van der Waals surface area (Å²) >= 11 is 1.88. The fourth-order valence-corrected chi connectivity index (χ4v) is 7.71. The number of para-hydroxylation sites is 2. The van der Waals surface area contributed by atoms with E-state index in [0.29, 0.717) is 0 Å². The first-order valence-corrected chi connectivity index (χ1v) is 15.2. The fourth-order valence-electron chi connectivity index (χ4n) is 6.61. The molecule has 0 spiro atoms. The van der Waals surface area contributed by atoms with E-state index in [-0.39, 0.29) is 0 Å². The first-order chi connectivity index (χ1) is 20.8. The minimum atomic E-state index is 1.18. The summed E-state index contributed by atoms with van der Waals surface area (Å²) in [6, 6.07) is 55.4. The largest absolute Gasteiger partial charge is 0.309 e. The van der Waals surface area contributed by atoms with Crippen molar-refractivity contribution in [1.82, 2.24) is 4.57 Å². The van der Waals surface area contributed by atoms with Gasteiger partial charge in [-0.1, -0.05) is 97.1 Å². The standard InChI is InChI=1S/C40H25NS/c1-2-12-31(13-3-1)41-36-16-7-6-15-33(36)34-24-29(17-20-37(34)41)27-10-8-11-28(23-27)30-19-21-38-35(25-30)40-32-14-5-4-9-26(32)18-22-39(40)42-38/h1-25H. The first kappa shape index (κ1) is 23.5. The highest BCUT2D eigenvalue weighted by Gasteiger charge is 2.14. The van der Waals surface area contributed by atoms with Crippen LogP contribution in [-0.2, 0) is 0 Å². The number of thiophene rings is 1. The number of nitrogens with zero attached hydrogens (tertiary/aromatic N) is 1. The maximum atomic E-state index is 2.39. The third-order valence-electron chi connectivity index (χ3n) is 8.58. The van der Waals surface area contributed by atoms with Gasteiger partial charge in [-0.2, -0.15) is 0 Å². The van der Waals surface area contributed by atoms with Crippen molar-refractivity contribution in [1.29, 1.82) is 0 Å². The number of aromatic nitrogens is 1. The smallest absolute Gasteiger partial charge is 0.0541 e. The normalized spacial score (nSPS) is 11.8. The van der Waals surface area contributed by atoms with E-state index in [4.69, 9.17) is 0 Å². The van der Waals surface area contributed by atoms with Crippen LogP contribution in [0.4, 0.5) is 0 Å². The van der Waals surface area contributed by atoms with Crippen molar-refractivity contribution in [3.8, 4) is 27.9 Å². The number of hydrogen-bond donors (Lipinski definition) is 0. The molecule has 0 atom stereocenters. The topological polar surface area (TPSA) is 4.93 Å². The van der Waals surface area contributed by atoms with Gasteiger partial charge in [-0.05, 0) is 87.6 Å². The van der Waals surface area contributed by atoms with Crippen LogP contribution in [0, 0.1) is 0 Å². The zero-order valence-corrected chi connectivity index (χ0v) is 23.6. The Labute approximate surface area is 247 Å². The summed E-state index contributed by atoms with van der Waals surface area (Å²) in [5, 5.41) is 7.87. The summed E-state index contributed by atoms with van der Waals surface area (Å²) < 4.78 is 5.05. The monoisotopic (exact) mass is 551 g/mol. The van der Waals surface area contributed by atoms with Gasteiger partial charge < -0.3 is 4.57 Å². The lowest BCUT2D eigenvalue weighted by Crippen LogP contribution is -1.92. The second kappa shape index (κ2) is 9.17. The molecule has 7 aromatic carbocycles. The van der Waals surface area contributed by atoms with Gasteiger partial charge in [0.2, 0.25) is 0 Å². The van der Waals surface area contributed by atoms with E-state index < -0.39 is 0 Å². The maximum absolute atomic E-state index is 2.39. The number of benzene rings is 7. The molecule has 42 heavy (non-hydrogen) atoms. The molecule has 0 saturated carbocycles. The van der Waals surface area contributed by atoms with Crippen molar-refractivity contribution in [2.24, 2.45) is 0 Å². The van der Waals surface area contributed by atoms with Crippen LogP contribution in [0.5, 0.6) is 0 Å². The highest BCUT2D eigenvalue weighted by Crippen LogP contribution is 2.41. The minimum Gasteiger partial charge on any atom is -0.309 e. The molecule has 0 fully saturated rings. The van der Waals surface area contributed by atoms with Crippen LogP contribution >= 0.6 is 11.3 Å². The molecule has 2 heteroatoms. The van der Waals surface area contributed by atoms with Crippen molar-refractivity contribution in [3.63, 3.8) is 0 Å². The van der Waals surface area contributed by atoms with Crippen molar-refractivity contribution in [2.45, 2.75) is 0 Å². The molecule has 9 rings (SSSR count). The third kappa shape index (κ3) is 3.56. The Hall–Kier alpha value is -5.18. The van der Waals surface area contributed by atoms with Crippen molar-refractivity contribution in [2.75, 3.05) is 0 Å². The summed E-state index contributed by atoms with van der Waals surface area (Å²) in [7, 11) is 0. The molecule has 0 amide bonds. The Morgan fingerprint density at radius 3 is 1.88 bits per heavy atom. The molecular formula is C40H25NS. The first-order valence-electron chi connectivity index (χ1n) is 14.4. The lowest BCUT2D eigenvalue weighted by Gasteiger charge is -2.09. The SMILES string of the molecule is c1ccc(-n2c3ccccc3c3cc(-c4cccc(-c5ccc6sc7ccc8ccccc8c7c6c5)c4)ccc32)cc1. The van der Waals surface area contributed by atoms with Gasteiger partial charge >= 0.3 is 0 Å². The van der Waals surface area contributed by atoms with Crippen LogP contribution in [0.3, 0.4) is 0 Å². The molecule has 0 aliphatic carbocycles. The van der Waals surface area contributed by atoms with Crippen LogP contribution in [0.15, 0.2) is 152 Å². The molecule has 9 aromatic rings. The zero-order chi connectivity index (χ0) is 27.6. The van der Waals surface area contributed by atoms with Gasteiger partial charge in [0.1, 0.15) is 0 Å². The number of fused-ring (bicyclic) bond motifs is 8.